The zero-order valence-corrected chi connectivity index (χ0v) is 16.1. The van der Waals surface area contributed by atoms with Crippen molar-refractivity contribution in [1.29, 1.82) is 0 Å². The predicted molar refractivity (Wildman–Crippen MR) is 107 cm³/mol. The molecular weight excluding hydrogens is 359 g/mol. The van der Waals surface area contributed by atoms with Gasteiger partial charge in [-0.05, 0) is 32.9 Å². The van der Waals surface area contributed by atoms with Gasteiger partial charge < -0.3 is 14.3 Å². The van der Waals surface area contributed by atoms with Gasteiger partial charge in [0.1, 0.15) is 11.3 Å². The number of carbonyl (C=O) groups excluding carboxylic acids is 1. The SMILES string of the molecule is CNC/C=C(\C)c1cccc2c3c(oc12)-c1c(F)c(=O)c(C(C)=O)cn1CC3. The lowest BCUT2D eigenvalue weighted by atomic mass is 9.98. The summed E-state index contributed by atoms with van der Waals surface area (Å²) in [7, 11) is 1.88. The highest BCUT2D eigenvalue weighted by Gasteiger charge is 2.29. The molecule has 0 atom stereocenters. The van der Waals surface area contributed by atoms with E-state index in [2.05, 4.69) is 11.4 Å². The van der Waals surface area contributed by atoms with E-state index in [1.54, 1.807) is 4.57 Å². The predicted octanol–water partition coefficient (Wildman–Crippen LogP) is 3.78. The third-order valence-electron chi connectivity index (χ3n) is 5.28. The Morgan fingerprint density at radius 2 is 2.11 bits per heavy atom. The van der Waals surface area contributed by atoms with Gasteiger partial charge in [-0.25, -0.2) is 4.39 Å². The number of carbonyl (C=O) groups is 1. The minimum atomic E-state index is -0.934. The highest BCUT2D eigenvalue weighted by Crippen LogP contribution is 2.40. The van der Waals surface area contributed by atoms with Crippen molar-refractivity contribution in [2.24, 2.45) is 0 Å². The van der Waals surface area contributed by atoms with Crippen molar-refractivity contribution in [3.05, 3.63) is 63.2 Å². The summed E-state index contributed by atoms with van der Waals surface area (Å²) in [6, 6.07) is 5.89. The Hall–Kier alpha value is -2.99. The van der Waals surface area contributed by atoms with E-state index >= 15 is 0 Å². The maximum atomic E-state index is 15.0. The summed E-state index contributed by atoms with van der Waals surface area (Å²) in [5.41, 5.74) is 2.69. The Kier molecular flexibility index (Phi) is 4.51. The van der Waals surface area contributed by atoms with Gasteiger partial charge in [0.2, 0.25) is 5.43 Å². The number of pyridine rings is 1. The van der Waals surface area contributed by atoms with Crippen LogP contribution in [0.2, 0.25) is 0 Å². The number of aromatic nitrogens is 1. The third-order valence-corrected chi connectivity index (χ3v) is 5.28. The number of nitrogens with zero attached hydrogens (tertiary/aromatic N) is 1. The topological polar surface area (TPSA) is 64.2 Å². The maximum absolute atomic E-state index is 15.0. The van der Waals surface area contributed by atoms with Crippen LogP contribution in [0.15, 0.2) is 39.7 Å². The van der Waals surface area contributed by atoms with Gasteiger partial charge in [0.25, 0.3) is 0 Å². The van der Waals surface area contributed by atoms with Crippen LogP contribution >= 0.6 is 0 Å². The van der Waals surface area contributed by atoms with Gasteiger partial charge in [-0.15, -0.1) is 0 Å². The molecule has 2 aromatic heterocycles. The Bertz CT molecular complexity index is 1200. The number of furan rings is 1. The van der Waals surface area contributed by atoms with Gasteiger partial charge in [0.15, 0.2) is 17.4 Å². The molecule has 0 fully saturated rings. The minimum Gasteiger partial charge on any atom is -0.453 e. The van der Waals surface area contributed by atoms with E-state index in [9.17, 15) is 14.0 Å². The van der Waals surface area contributed by atoms with E-state index in [1.807, 2.05) is 32.2 Å². The summed E-state index contributed by atoms with van der Waals surface area (Å²) in [5, 5.41) is 4.01. The molecule has 0 amide bonds. The molecule has 5 nitrogen and oxygen atoms in total. The second-order valence-corrected chi connectivity index (χ2v) is 7.07. The van der Waals surface area contributed by atoms with E-state index in [0.717, 1.165) is 28.6 Å². The van der Waals surface area contributed by atoms with Crippen molar-refractivity contribution in [2.45, 2.75) is 26.8 Å². The number of hydrogen-bond acceptors (Lipinski definition) is 4. The first-order valence-corrected chi connectivity index (χ1v) is 9.24. The van der Waals surface area contributed by atoms with E-state index < -0.39 is 17.0 Å². The molecule has 1 N–H and O–H groups in total. The van der Waals surface area contributed by atoms with Gasteiger partial charge in [-0.2, -0.15) is 0 Å². The molecular formula is C22H21FN2O3. The fourth-order valence-corrected chi connectivity index (χ4v) is 3.81. The molecule has 0 bridgehead atoms. The molecule has 0 unspecified atom stereocenters. The Morgan fingerprint density at radius 1 is 1.32 bits per heavy atom. The molecule has 144 valence electrons. The summed E-state index contributed by atoms with van der Waals surface area (Å²) in [4.78, 5) is 24.0. The van der Waals surface area contributed by atoms with E-state index in [1.165, 1.54) is 13.1 Å². The van der Waals surface area contributed by atoms with Crippen molar-refractivity contribution in [2.75, 3.05) is 13.6 Å². The van der Waals surface area contributed by atoms with E-state index in [-0.39, 0.29) is 11.3 Å². The van der Waals surface area contributed by atoms with Gasteiger partial charge in [0, 0.05) is 35.8 Å². The lowest BCUT2D eigenvalue weighted by Crippen LogP contribution is -2.24. The Balaban J connectivity index is 1.98. The van der Waals surface area contributed by atoms with Gasteiger partial charge >= 0.3 is 0 Å². The van der Waals surface area contributed by atoms with Crippen LogP contribution in [0.4, 0.5) is 4.39 Å². The van der Waals surface area contributed by atoms with Crippen molar-refractivity contribution in [1.82, 2.24) is 9.88 Å². The van der Waals surface area contributed by atoms with Crippen LogP contribution in [-0.4, -0.2) is 23.9 Å². The van der Waals surface area contributed by atoms with E-state index in [0.29, 0.717) is 24.3 Å². The summed E-state index contributed by atoms with van der Waals surface area (Å²) < 4.78 is 22.7. The van der Waals surface area contributed by atoms with Crippen molar-refractivity contribution in [3.8, 4) is 11.5 Å². The van der Waals surface area contributed by atoms with Crippen molar-refractivity contribution < 1.29 is 13.6 Å². The van der Waals surface area contributed by atoms with Crippen LogP contribution in [0.1, 0.15) is 35.3 Å². The standard InChI is InChI=1S/C22H21FN2O3/c1-12(7-9-24-3)14-5-4-6-15-16-8-10-25-11-17(13(2)26)20(27)18(23)19(25)22(16)28-21(14)15/h4-7,11,24H,8-10H2,1-3H3/b12-7+. The number of benzene rings is 1. The summed E-state index contributed by atoms with van der Waals surface area (Å²) >= 11 is 0. The van der Waals surface area contributed by atoms with Crippen LogP contribution in [0.3, 0.4) is 0 Å². The number of para-hydroxylation sites is 1. The molecule has 28 heavy (non-hydrogen) atoms. The number of ketones is 1. The van der Waals surface area contributed by atoms with Gasteiger partial charge in [-0.1, -0.05) is 24.3 Å². The van der Waals surface area contributed by atoms with E-state index in [4.69, 9.17) is 4.42 Å². The minimum absolute atomic E-state index is 0.121. The number of nitrogens with one attached hydrogen (secondary N) is 1. The molecule has 0 radical (unpaired) electrons. The van der Waals surface area contributed by atoms with Crippen LogP contribution in [0.25, 0.3) is 28.0 Å². The summed E-state index contributed by atoms with van der Waals surface area (Å²) in [5.74, 6) is -1.00. The zero-order chi connectivity index (χ0) is 20.0. The number of rotatable bonds is 4. The fraction of sp³-hybridized carbons (Fsp3) is 0.273. The number of hydrogen-bond donors (Lipinski definition) is 1. The average molecular weight is 380 g/mol. The molecule has 3 aromatic rings. The first-order chi connectivity index (χ1) is 13.4. The molecule has 1 aliphatic heterocycles. The molecule has 0 aliphatic carbocycles. The van der Waals surface area contributed by atoms with Crippen molar-refractivity contribution in [3.63, 3.8) is 0 Å². The molecule has 0 spiro atoms. The largest absolute Gasteiger partial charge is 0.453 e. The third kappa shape index (κ3) is 2.72. The highest BCUT2D eigenvalue weighted by atomic mass is 19.1. The molecule has 1 aliphatic rings. The monoisotopic (exact) mass is 380 g/mol. The molecule has 0 saturated heterocycles. The summed E-state index contributed by atoms with van der Waals surface area (Å²) in [6.45, 7) is 4.48. The number of fused-ring (bicyclic) bond motifs is 5. The zero-order valence-electron chi connectivity index (χ0n) is 16.1. The number of allylic oxidation sites excluding steroid dienone is 1. The first kappa shape index (κ1) is 18.4. The fourth-order valence-electron chi connectivity index (χ4n) is 3.81. The molecule has 3 heterocycles. The van der Waals surface area contributed by atoms with Crippen LogP contribution in [0.5, 0.6) is 0 Å². The number of aryl methyl sites for hydroxylation is 2. The maximum Gasteiger partial charge on any atom is 0.228 e. The average Bonchev–Trinajstić information content (AvgIpc) is 3.06. The molecule has 0 saturated carbocycles. The van der Waals surface area contributed by atoms with Gasteiger partial charge in [-0.3, -0.25) is 9.59 Å². The smallest absolute Gasteiger partial charge is 0.228 e. The summed E-state index contributed by atoms with van der Waals surface area (Å²) in [6.07, 6.45) is 4.14. The number of Topliss-reactive ketones (excluding diaryl/α,β-unsaturated/α-hetero) is 1. The molecule has 4 rings (SSSR count). The van der Waals surface area contributed by atoms with Crippen LogP contribution in [-0.2, 0) is 13.0 Å². The molecule has 6 heteroatoms. The Morgan fingerprint density at radius 3 is 2.82 bits per heavy atom. The quantitative estimate of drug-likeness (QED) is 0.700. The first-order valence-electron chi connectivity index (χ1n) is 9.24. The second kappa shape index (κ2) is 6.87. The van der Waals surface area contributed by atoms with Gasteiger partial charge in [0.05, 0.1) is 5.56 Å². The lowest BCUT2D eigenvalue weighted by Gasteiger charge is -2.19. The number of halogens is 1. The lowest BCUT2D eigenvalue weighted by molar-refractivity contribution is 0.101. The number of likely N-dealkylation sites (N-methyl/N-ethyl adjacent to an activating group) is 1. The highest BCUT2D eigenvalue weighted by molar-refractivity contribution is 5.96. The molecule has 1 aromatic carbocycles. The Labute approximate surface area is 161 Å². The second-order valence-electron chi connectivity index (χ2n) is 7.07. The normalized spacial score (nSPS) is 13.5. The van der Waals surface area contributed by atoms with Crippen molar-refractivity contribution >= 4 is 22.3 Å². The van der Waals surface area contributed by atoms with Crippen LogP contribution in [0, 0.1) is 5.82 Å². The van der Waals surface area contributed by atoms with Crippen LogP contribution < -0.4 is 10.7 Å².